The van der Waals surface area contributed by atoms with Gasteiger partial charge in [0.1, 0.15) is 59.0 Å². The SMILES string of the molecule is BrCCCCBr.BrCCCCOc1ccc2nc[nH]c2c1.C.C.C1CCOC1.Nc1ccc(O)cc1[N+](=O)[O-].Nc1ccc(OCCCCBr)cc1[N+](=O)[O-].[Br-].[N-]=[N+]=NCCCCOc1ccc2c(c1)N(Cc1ccccc1)CN2Cc1ccccc1.[N-]=[N+]=NCCCCOc1ccc2c(c1)n(Cc1ccccc1)c[n+]2Cc1ccccc1.[N-]=[N+]=NCCCCOc1ccc2nc[nH]c2c1.[N-]=[N+]=[N-].[Na+]. The molecule has 0 atom stereocenters. The summed E-state index contributed by atoms with van der Waals surface area (Å²) < 4.78 is 38.0. The number of ether oxygens (including phenoxy) is 6. The standard InChI is InChI=1S/C25H27N5O.C25H26N5O.C11H13BrN2O.C11H13N5O.C10H13BrN2O3.C6H6N2O3.C4H8Br2.C4H8O.2CH4.BrH.N3.Na/c2*26-28-27-15-7-8-16-31-23-13-14-24-25(17-23)30(19-22-11-5-2-6-12-22)20-29(24)18-21-9-3-1-4-10-21;12-5-1-2-6-15-9-3-4-10-11(7-9)14-8-13-10;12-16-15-5-1-2-6-17-9-3-4-10-11(7-9)14-8-13-10;11-5-1-2-6-16-8-3-4-9(12)10(7-8)13(14)15;7-5-2-1-4(9)3-6(5)8(10)11;5-3-1-2-4-6;1-2-4-5-3-1;;;;1-3-2;/h1-6,9-14,17H,7-8,15-16,18-20H2;1-6,9-14,17,20H,7-8,15-16,18-19H2;3-4,7-8H,1-2,5-6H2,(H,13,14);3-4,7-8H,1-2,5-6H2,(H,13,14);3-4,7H,1-2,5-6,12H2;1-3,9H,7H2;1-4H2;1-4H2;2*1H4;1H;;/q;+1;;;;;;;;;;-1;+1/p-1. The largest absolute Gasteiger partial charge is 1.00 e. The predicted octanol–water partition coefficient (Wildman–Crippen LogP) is 20.9. The predicted molar refractivity (Wildman–Crippen MR) is 562 cm³/mol. The van der Waals surface area contributed by atoms with Gasteiger partial charge in [0.15, 0.2) is 11.0 Å². The van der Waals surface area contributed by atoms with E-state index in [0.29, 0.717) is 51.8 Å². The van der Waals surface area contributed by atoms with Crippen LogP contribution in [0.2, 0.25) is 0 Å². The monoisotopic (exact) mass is 2230 g/mol. The third-order valence-electron chi connectivity index (χ3n) is 19.7. The second-order valence-electron chi connectivity index (χ2n) is 29.8. The number of azide groups is 3. The Balaban J connectivity index is 0.000000427. The van der Waals surface area contributed by atoms with Gasteiger partial charge < -0.3 is 92.8 Å². The number of H-pyrrole nitrogens is 2. The van der Waals surface area contributed by atoms with Gasteiger partial charge in [0.25, 0.3) is 11.4 Å². The fourth-order valence-electron chi connectivity index (χ4n) is 13.0. The summed E-state index contributed by atoms with van der Waals surface area (Å²) in [5, 5.41) is 44.5. The van der Waals surface area contributed by atoms with Crippen molar-refractivity contribution in [1.29, 1.82) is 0 Å². The number of nitrogen functional groups attached to an aromatic ring is 2. The molecule has 7 N–H and O–H groups in total. The summed E-state index contributed by atoms with van der Waals surface area (Å²) in [6.45, 7) is 10.9. The molecule has 1 fully saturated rings. The Morgan fingerprint density at radius 2 is 0.813 bits per heavy atom. The molecule has 2 aliphatic rings. The number of hydrogen-bond donors (Lipinski definition) is 5. The molecule has 0 spiro atoms. The van der Waals surface area contributed by atoms with E-state index < -0.39 is 9.85 Å². The molecule has 41 heteroatoms. The number of phenols is 1. The fraction of sp³-hybridized carbons (Fsp3) is 0.357. The summed E-state index contributed by atoms with van der Waals surface area (Å²) in [5.41, 5.74) is 62.6. The van der Waals surface area contributed by atoms with Crippen LogP contribution in [0, 0.1) is 20.2 Å². The first-order chi connectivity index (χ1) is 66.0. The smallest absolute Gasteiger partial charge is 1.00 e. The Labute approximate surface area is 877 Å². The fourth-order valence-corrected chi connectivity index (χ4v) is 14.6. The molecule has 0 bridgehead atoms. The Morgan fingerprint density at radius 1 is 0.453 bits per heavy atom. The topological polar surface area (TPSA) is 492 Å². The van der Waals surface area contributed by atoms with Crippen LogP contribution in [0.5, 0.6) is 34.5 Å². The number of alkyl halides is 4. The van der Waals surface area contributed by atoms with Gasteiger partial charge in [0, 0.05) is 106 Å². The van der Waals surface area contributed by atoms with Crippen molar-refractivity contribution in [2.24, 2.45) is 15.3 Å². The van der Waals surface area contributed by atoms with E-state index in [2.05, 4.69) is 279 Å². The Hall–Kier alpha value is -12.0. The number of nitrogens with two attached hydrogens (primary N) is 2. The van der Waals surface area contributed by atoms with E-state index in [1.165, 1.54) is 94.0 Å². The van der Waals surface area contributed by atoms with Crippen molar-refractivity contribution < 1.29 is 94.5 Å². The number of unbranched alkanes of at least 4 members (excludes halogenated alkanes) is 6. The van der Waals surface area contributed by atoms with Crippen molar-refractivity contribution in [1.82, 2.24) is 24.5 Å². The maximum atomic E-state index is 10.6. The van der Waals surface area contributed by atoms with Crippen molar-refractivity contribution in [3.63, 3.8) is 0 Å². The first-order valence-corrected chi connectivity index (χ1v) is 48.5. The molecule has 35 nitrogen and oxygen atoms in total. The molecule has 1 saturated heterocycles. The van der Waals surface area contributed by atoms with Gasteiger partial charge >= 0.3 is 29.6 Å². The number of nitrogens with one attached hydrogen (secondary N) is 2. The molecule has 0 amide bonds. The van der Waals surface area contributed by atoms with E-state index in [-0.39, 0.29) is 89.9 Å². The Morgan fingerprint density at radius 3 is 1.22 bits per heavy atom. The molecule has 0 unspecified atom stereocenters. The summed E-state index contributed by atoms with van der Waals surface area (Å²) in [6.07, 6.45) is 19.9. The molecule has 0 saturated carbocycles. The third kappa shape index (κ3) is 47.5. The van der Waals surface area contributed by atoms with Crippen LogP contribution in [0.3, 0.4) is 0 Å². The van der Waals surface area contributed by atoms with Gasteiger partial charge in [-0.3, -0.25) is 25.1 Å². The Kier molecular flexibility index (Phi) is 64.6. The Bertz CT molecular complexity index is 5780. The summed E-state index contributed by atoms with van der Waals surface area (Å²) in [7, 11) is 0. The molecule has 0 aliphatic carbocycles. The van der Waals surface area contributed by atoms with E-state index >= 15 is 0 Å². The number of nitro benzene ring substituents is 2. The van der Waals surface area contributed by atoms with Gasteiger partial charge in [0.05, 0.1) is 108 Å². The molecule has 5 heterocycles. The number of anilines is 4. The summed E-state index contributed by atoms with van der Waals surface area (Å²) in [4.78, 5) is 48.6. The summed E-state index contributed by atoms with van der Waals surface area (Å²) in [6, 6.07) is 74.5. The maximum absolute atomic E-state index is 10.6. The van der Waals surface area contributed by atoms with E-state index in [4.69, 9.17) is 72.7 Å². The van der Waals surface area contributed by atoms with Crippen molar-refractivity contribution in [3.05, 3.63) is 339 Å². The normalized spacial score (nSPS) is 10.8. The molecule has 139 heavy (non-hydrogen) atoms. The molecule has 736 valence electrons. The van der Waals surface area contributed by atoms with Gasteiger partial charge in [0.2, 0.25) is 6.33 Å². The number of hydrogen-bond acceptors (Lipinski definition) is 20. The number of phenolic OH excluding ortho intramolecular Hbond substituents is 1. The van der Waals surface area contributed by atoms with Gasteiger partial charge in [-0.1, -0.05) is 215 Å². The van der Waals surface area contributed by atoms with Crippen molar-refractivity contribution in [2.75, 3.05) is 115 Å². The molecule has 2 aliphatic heterocycles. The molecule has 3 aromatic heterocycles. The van der Waals surface area contributed by atoms with Crippen LogP contribution in [0.1, 0.15) is 127 Å². The van der Waals surface area contributed by atoms with Gasteiger partial charge in [-0.2, -0.15) is 0 Å². The van der Waals surface area contributed by atoms with Crippen molar-refractivity contribution >= 4 is 131 Å². The minimum absolute atomic E-state index is 0. The van der Waals surface area contributed by atoms with Gasteiger partial charge in [-0.05, 0) is 202 Å². The van der Waals surface area contributed by atoms with Crippen LogP contribution >= 0.6 is 63.7 Å². The number of halogens is 5. The van der Waals surface area contributed by atoms with Gasteiger partial charge in [-0.15, -0.1) is 0 Å². The van der Waals surface area contributed by atoms with Crippen LogP contribution in [0.15, 0.2) is 265 Å². The summed E-state index contributed by atoms with van der Waals surface area (Å²) >= 11 is 13.4. The second-order valence-corrected chi connectivity index (χ2v) is 33.0. The first kappa shape index (κ1) is 121. The zero-order valence-corrected chi connectivity index (χ0v) is 86.5. The molecule has 10 aromatic carbocycles. The number of nitrogens with zero attached hydrogens (tertiary/aromatic N) is 20. The third-order valence-corrected chi connectivity index (χ3v) is 22.0. The first-order valence-electron chi connectivity index (χ1n) is 44.0. The quantitative estimate of drug-likeness (QED) is 0.00203. The van der Waals surface area contributed by atoms with Crippen LogP contribution in [0.4, 0.5) is 34.1 Å². The van der Waals surface area contributed by atoms with E-state index in [9.17, 15) is 20.2 Å². The molecular formula is C98H122Br5N24NaO11. The van der Waals surface area contributed by atoms with E-state index in [1.807, 2.05) is 54.6 Å². The summed E-state index contributed by atoms with van der Waals surface area (Å²) in [5.74, 6) is 3.78. The molecule has 0 radical (unpaired) electrons. The second kappa shape index (κ2) is 74.1. The number of fused-ring (bicyclic) bond motifs is 4. The molecule has 13 aromatic rings. The average molecular weight is 2230 g/mol. The van der Waals surface area contributed by atoms with E-state index in [1.54, 1.807) is 18.7 Å². The number of aromatic hydroxyl groups is 1. The number of benzene rings is 10. The zero-order valence-electron chi connectivity index (χ0n) is 76.5. The number of aromatic nitrogens is 6. The average Bonchev–Trinajstić information content (AvgIpc) is 1.64. The van der Waals surface area contributed by atoms with Crippen LogP contribution in [0.25, 0.3) is 80.4 Å². The molecule has 15 rings (SSSR count). The maximum Gasteiger partial charge on any atom is 1.00 e. The number of imidazole rings is 3. The van der Waals surface area contributed by atoms with Crippen molar-refractivity contribution in [2.45, 2.75) is 131 Å². The van der Waals surface area contributed by atoms with E-state index in [0.717, 1.165) is 195 Å². The minimum atomic E-state index is -0.644. The van der Waals surface area contributed by atoms with Crippen molar-refractivity contribution in [3.8, 4) is 34.5 Å². The molecular weight excluding hydrogens is 2110 g/mol. The van der Waals surface area contributed by atoms with Crippen LogP contribution < -0.4 is 96.1 Å². The van der Waals surface area contributed by atoms with Gasteiger partial charge in [-0.25, -0.2) is 19.1 Å². The number of aromatic amines is 2. The van der Waals surface area contributed by atoms with Crippen LogP contribution in [-0.4, -0.2) is 133 Å². The minimum Gasteiger partial charge on any atom is -1.00 e. The van der Waals surface area contributed by atoms with Crippen LogP contribution in [-0.2, 0) is 30.9 Å². The number of nitro groups is 2. The number of rotatable bonds is 41. The zero-order chi connectivity index (χ0) is 96.5.